The van der Waals surface area contributed by atoms with E-state index >= 15 is 0 Å². The Morgan fingerprint density at radius 1 is 1.39 bits per heavy atom. The van der Waals surface area contributed by atoms with Crippen molar-refractivity contribution < 1.29 is 18.7 Å². The zero-order chi connectivity index (χ0) is 16.7. The highest BCUT2D eigenvalue weighted by molar-refractivity contribution is 5.88. The molecular weight excluding hydrogens is 298 g/mol. The Morgan fingerprint density at radius 2 is 2.22 bits per heavy atom. The van der Waals surface area contributed by atoms with Gasteiger partial charge < -0.3 is 13.9 Å². The summed E-state index contributed by atoms with van der Waals surface area (Å²) in [5, 5.41) is 0. The molecule has 6 nitrogen and oxygen atoms in total. The topological polar surface area (TPSA) is 78.6 Å². The maximum atomic E-state index is 11.9. The van der Waals surface area contributed by atoms with Gasteiger partial charge in [0.1, 0.15) is 18.6 Å². The van der Waals surface area contributed by atoms with Crippen molar-refractivity contribution in [1.29, 1.82) is 0 Å². The monoisotopic (exact) mass is 317 g/mol. The van der Waals surface area contributed by atoms with Crippen molar-refractivity contribution in [2.24, 2.45) is 5.92 Å². The highest BCUT2D eigenvalue weighted by Gasteiger charge is 2.10. The number of carbonyl (C=O) groups excluding carboxylic acids is 1. The summed E-state index contributed by atoms with van der Waals surface area (Å²) in [6.07, 6.45) is 5.07. The predicted octanol–water partition coefficient (Wildman–Crippen LogP) is 2.82. The van der Waals surface area contributed by atoms with Gasteiger partial charge in [-0.15, -0.1) is 0 Å². The summed E-state index contributed by atoms with van der Waals surface area (Å²) in [6, 6.07) is 4.50. The van der Waals surface area contributed by atoms with Gasteiger partial charge in [0.15, 0.2) is 0 Å². The standard InChI is InChI=1S/C17H19NO5/c1-12(2)5-7-21-16-11-22-14(8-15(16)19)10-23-17(20)13-4-3-6-18-9-13/h3-4,6,8-9,11-12H,5,7,10H2,1-2H3. The van der Waals surface area contributed by atoms with E-state index in [2.05, 4.69) is 18.8 Å². The molecule has 2 aromatic rings. The van der Waals surface area contributed by atoms with Crippen LogP contribution in [0.4, 0.5) is 0 Å². The number of hydrogen-bond donors (Lipinski definition) is 0. The lowest BCUT2D eigenvalue weighted by molar-refractivity contribution is 0.0442. The molecule has 0 fully saturated rings. The van der Waals surface area contributed by atoms with Crippen LogP contribution in [-0.4, -0.2) is 17.6 Å². The molecule has 2 aromatic heterocycles. The molecule has 0 atom stereocenters. The molecule has 0 amide bonds. The van der Waals surface area contributed by atoms with Gasteiger partial charge in [-0.1, -0.05) is 13.8 Å². The fraction of sp³-hybridized carbons (Fsp3) is 0.353. The van der Waals surface area contributed by atoms with Crippen LogP contribution in [0, 0.1) is 5.92 Å². The molecule has 2 rings (SSSR count). The van der Waals surface area contributed by atoms with Crippen molar-refractivity contribution in [2.75, 3.05) is 6.61 Å². The lowest BCUT2D eigenvalue weighted by Crippen LogP contribution is -2.11. The van der Waals surface area contributed by atoms with E-state index in [1.54, 1.807) is 18.3 Å². The number of rotatable bonds is 7. The molecule has 0 aliphatic rings. The molecule has 23 heavy (non-hydrogen) atoms. The summed E-state index contributed by atoms with van der Waals surface area (Å²) >= 11 is 0. The smallest absolute Gasteiger partial charge is 0.340 e. The molecule has 0 saturated carbocycles. The second kappa shape index (κ2) is 8.12. The molecule has 0 unspecified atom stereocenters. The third-order valence-corrected chi connectivity index (χ3v) is 3.05. The Labute approximate surface area is 134 Å². The van der Waals surface area contributed by atoms with E-state index in [-0.39, 0.29) is 23.5 Å². The minimum atomic E-state index is -0.530. The van der Waals surface area contributed by atoms with Crippen LogP contribution in [0.1, 0.15) is 36.4 Å². The number of hydrogen-bond acceptors (Lipinski definition) is 6. The maximum absolute atomic E-state index is 11.9. The zero-order valence-electron chi connectivity index (χ0n) is 13.2. The SMILES string of the molecule is CC(C)CCOc1coc(COC(=O)c2cccnc2)cc1=O. The Morgan fingerprint density at radius 3 is 2.87 bits per heavy atom. The molecule has 0 bridgehead atoms. The third kappa shape index (κ3) is 5.25. The molecule has 0 radical (unpaired) electrons. The molecule has 0 aromatic carbocycles. The van der Waals surface area contributed by atoms with E-state index in [0.717, 1.165) is 6.42 Å². The first-order chi connectivity index (χ1) is 11.1. The van der Waals surface area contributed by atoms with Crippen LogP contribution in [0.25, 0.3) is 0 Å². The summed E-state index contributed by atoms with van der Waals surface area (Å²) in [5.41, 5.74) is 0.0379. The number of esters is 1. The van der Waals surface area contributed by atoms with Crippen LogP contribution in [0.3, 0.4) is 0 Å². The predicted molar refractivity (Wildman–Crippen MR) is 83.3 cm³/mol. The number of ether oxygens (including phenoxy) is 2. The first kappa shape index (κ1) is 16.7. The van der Waals surface area contributed by atoms with E-state index in [1.807, 2.05) is 0 Å². The number of pyridine rings is 1. The normalized spacial score (nSPS) is 10.6. The van der Waals surface area contributed by atoms with E-state index in [4.69, 9.17) is 13.9 Å². The first-order valence-electron chi connectivity index (χ1n) is 7.38. The Bertz CT molecular complexity index is 694. The molecule has 0 spiro atoms. The van der Waals surface area contributed by atoms with E-state index in [1.165, 1.54) is 18.5 Å². The van der Waals surface area contributed by atoms with Crippen LogP contribution in [0.5, 0.6) is 5.75 Å². The molecular formula is C17H19NO5. The lowest BCUT2D eigenvalue weighted by atomic mass is 10.1. The Hall–Kier alpha value is -2.63. The lowest BCUT2D eigenvalue weighted by Gasteiger charge is -2.08. The maximum Gasteiger partial charge on any atom is 0.340 e. The van der Waals surface area contributed by atoms with Crippen molar-refractivity contribution >= 4 is 5.97 Å². The minimum absolute atomic E-state index is 0.130. The van der Waals surface area contributed by atoms with Crippen molar-refractivity contribution in [3.63, 3.8) is 0 Å². The van der Waals surface area contributed by atoms with Gasteiger partial charge in [0.05, 0.1) is 12.2 Å². The molecule has 0 aliphatic carbocycles. The molecule has 6 heteroatoms. The summed E-state index contributed by atoms with van der Waals surface area (Å²) in [5.74, 6) is 0.377. The van der Waals surface area contributed by atoms with Crippen molar-refractivity contribution in [2.45, 2.75) is 26.9 Å². The third-order valence-electron chi connectivity index (χ3n) is 3.05. The average molecular weight is 317 g/mol. The minimum Gasteiger partial charge on any atom is -0.487 e. The van der Waals surface area contributed by atoms with Crippen LogP contribution in [-0.2, 0) is 11.3 Å². The van der Waals surface area contributed by atoms with E-state index in [0.29, 0.717) is 18.1 Å². The first-order valence-corrected chi connectivity index (χ1v) is 7.38. The number of aromatic nitrogens is 1. The van der Waals surface area contributed by atoms with Gasteiger partial charge in [0.2, 0.25) is 11.2 Å². The van der Waals surface area contributed by atoms with E-state index < -0.39 is 5.97 Å². The van der Waals surface area contributed by atoms with Gasteiger partial charge in [0, 0.05) is 18.5 Å². The number of nitrogens with zero attached hydrogens (tertiary/aromatic N) is 1. The van der Waals surface area contributed by atoms with Gasteiger partial charge >= 0.3 is 5.97 Å². The Kier molecular flexibility index (Phi) is 5.91. The van der Waals surface area contributed by atoms with Gasteiger partial charge in [-0.3, -0.25) is 9.78 Å². The van der Waals surface area contributed by atoms with Crippen molar-refractivity contribution in [3.05, 3.63) is 58.4 Å². The quantitative estimate of drug-likeness (QED) is 0.731. The van der Waals surface area contributed by atoms with Crippen molar-refractivity contribution in [1.82, 2.24) is 4.98 Å². The Balaban J connectivity index is 1.90. The zero-order valence-corrected chi connectivity index (χ0v) is 13.2. The number of carbonyl (C=O) groups is 1. The van der Waals surface area contributed by atoms with Gasteiger partial charge in [-0.25, -0.2) is 4.79 Å². The highest BCUT2D eigenvalue weighted by Crippen LogP contribution is 2.10. The molecule has 2 heterocycles. The summed E-state index contributed by atoms with van der Waals surface area (Å²) in [6.45, 7) is 4.48. The van der Waals surface area contributed by atoms with E-state index in [9.17, 15) is 9.59 Å². The van der Waals surface area contributed by atoms with Crippen molar-refractivity contribution in [3.8, 4) is 5.75 Å². The molecule has 122 valence electrons. The molecule has 0 aliphatic heterocycles. The van der Waals surface area contributed by atoms with Gasteiger partial charge in [0.25, 0.3) is 0 Å². The average Bonchev–Trinajstić information content (AvgIpc) is 2.55. The van der Waals surface area contributed by atoms with Gasteiger partial charge in [-0.05, 0) is 24.5 Å². The summed E-state index contributed by atoms with van der Waals surface area (Å²) in [7, 11) is 0. The summed E-state index contributed by atoms with van der Waals surface area (Å²) in [4.78, 5) is 27.5. The van der Waals surface area contributed by atoms with Gasteiger partial charge in [-0.2, -0.15) is 0 Å². The fourth-order valence-corrected chi connectivity index (χ4v) is 1.73. The van der Waals surface area contributed by atoms with Crippen LogP contribution < -0.4 is 10.2 Å². The van der Waals surface area contributed by atoms with Crippen LogP contribution in [0.2, 0.25) is 0 Å². The second-order valence-corrected chi connectivity index (χ2v) is 5.42. The second-order valence-electron chi connectivity index (χ2n) is 5.42. The molecule has 0 saturated heterocycles. The summed E-state index contributed by atoms with van der Waals surface area (Å²) < 4.78 is 15.7. The van der Waals surface area contributed by atoms with Crippen LogP contribution in [0.15, 0.2) is 46.1 Å². The highest BCUT2D eigenvalue weighted by atomic mass is 16.5. The van der Waals surface area contributed by atoms with Crippen LogP contribution >= 0.6 is 0 Å². The fourth-order valence-electron chi connectivity index (χ4n) is 1.73. The largest absolute Gasteiger partial charge is 0.487 e. The molecule has 0 N–H and O–H groups in total.